The van der Waals surface area contributed by atoms with E-state index in [9.17, 15) is 9.59 Å². The Bertz CT molecular complexity index is 418. The van der Waals surface area contributed by atoms with Crippen molar-refractivity contribution in [2.75, 3.05) is 0 Å². The molecule has 1 amide bonds. The summed E-state index contributed by atoms with van der Waals surface area (Å²) in [6.45, 7) is 7.28. The van der Waals surface area contributed by atoms with E-state index in [1.54, 1.807) is 20.8 Å². The van der Waals surface area contributed by atoms with E-state index in [2.05, 4.69) is 5.32 Å². The monoisotopic (exact) mass is 249 g/mol. The van der Waals surface area contributed by atoms with Gasteiger partial charge in [0, 0.05) is 0 Å². The second-order valence-corrected chi connectivity index (χ2v) is 5.17. The van der Waals surface area contributed by atoms with E-state index < -0.39 is 17.7 Å². The number of amides is 1. The largest absolute Gasteiger partial charge is 0.444 e. The average Bonchev–Trinajstić information content (AvgIpc) is 2.25. The van der Waals surface area contributed by atoms with Gasteiger partial charge in [-0.3, -0.25) is 0 Å². The first-order valence-electron chi connectivity index (χ1n) is 5.83. The van der Waals surface area contributed by atoms with E-state index in [0.29, 0.717) is 6.29 Å². The Morgan fingerprint density at radius 1 is 1.28 bits per heavy atom. The zero-order chi connectivity index (χ0) is 13.8. The highest BCUT2D eigenvalue weighted by Gasteiger charge is 2.19. The predicted octanol–water partition coefficient (Wildman–Crippen LogP) is 2.76. The quantitative estimate of drug-likeness (QED) is 0.838. The van der Waals surface area contributed by atoms with E-state index >= 15 is 0 Å². The summed E-state index contributed by atoms with van der Waals surface area (Å²) in [6.07, 6.45) is 0.0920. The molecule has 0 fully saturated rings. The lowest BCUT2D eigenvalue weighted by atomic mass is 10.1. The lowest BCUT2D eigenvalue weighted by Crippen LogP contribution is -2.35. The fourth-order valence-electron chi connectivity index (χ4n) is 1.40. The van der Waals surface area contributed by atoms with Crippen molar-refractivity contribution in [2.24, 2.45) is 0 Å². The van der Waals surface area contributed by atoms with Crippen LogP contribution in [0.5, 0.6) is 0 Å². The molecule has 18 heavy (non-hydrogen) atoms. The molecule has 0 aliphatic heterocycles. The molecule has 0 saturated carbocycles. The minimum atomic E-state index is -0.680. The molecule has 4 heteroatoms. The van der Waals surface area contributed by atoms with Crippen molar-refractivity contribution >= 4 is 12.4 Å². The maximum atomic E-state index is 11.6. The van der Waals surface area contributed by atoms with Crippen molar-refractivity contribution in [3.63, 3.8) is 0 Å². The van der Waals surface area contributed by atoms with Crippen molar-refractivity contribution in [1.29, 1.82) is 0 Å². The molecule has 98 valence electrons. The Morgan fingerprint density at radius 2 is 1.83 bits per heavy atom. The molecule has 1 aromatic rings. The van der Waals surface area contributed by atoms with Crippen LogP contribution >= 0.6 is 0 Å². The van der Waals surface area contributed by atoms with E-state index in [1.165, 1.54) is 0 Å². The molecule has 0 aliphatic carbocycles. The molecule has 1 rings (SSSR count). The third-order valence-corrected chi connectivity index (χ3v) is 2.24. The number of benzene rings is 1. The molecule has 1 aromatic carbocycles. The summed E-state index contributed by atoms with van der Waals surface area (Å²) in [6, 6.07) is 6.73. The lowest BCUT2D eigenvalue weighted by Gasteiger charge is -2.21. The van der Waals surface area contributed by atoms with E-state index in [0.717, 1.165) is 11.1 Å². The molecule has 0 aliphatic rings. The zero-order valence-electron chi connectivity index (χ0n) is 11.2. The van der Waals surface area contributed by atoms with Crippen molar-refractivity contribution in [2.45, 2.75) is 39.3 Å². The van der Waals surface area contributed by atoms with Gasteiger partial charge in [0.05, 0.1) is 0 Å². The second kappa shape index (κ2) is 5.67. The summed E-state index contributed by atoms with van der Waals surface area (Å²) < 4.78 is 5.11. The topological polar surface area (TPSA) is 55.4 Å². The number of aldehydes is 1. The van der Waals surface area contributed by atoms with Crippen LogP contribution in [0.1, 0.15) is 37.9 Å². The molecule has 0 radical (unpaired) electrons. The predicted molar refractivity (Wildman–Crippen MR) is 69.4 cm³/mol. The second-order valence-electron chi connectivity index (χ2n) is 5.17. The number of carbonyl (C=O) groups is 2. The van der Waals surface area contributed by atoms with Crippen LogP contribution in [-0.4, -0.2) is 18.0 Å². The van der Waals surface area contributed by atoms with Gasteiger partial charge in [0.25, 0.3) is 0 Å². The standard InChI is InChI=1S/C14H19NO3/c1-10-5-7-11(8-6-10)12(9-16)15-13(17)18-14(2,3)4/h5-9,12H,1-4H3,(H,15,17). The summed E-state index contributed by atoms with van der Waals surface area (Å²) in [7, 11) is 0. The molecular formula is C14H19NO3. The number of carbonyl (C=O) groups excluding carboxylic acids is 2. The zero-order valence-corrected chi connectivity index (χ0v) is 11.2. The van der Waals surface area contributed by atoms with Crippen LogP contribution in [0.25, 0.3) is 0 Å². The molecule has 0 spiro atoms. The fourth-order valence-corrected chi connectivity index (χ4v) is 1.40. The van der Waals surface area contributed by atoms with Gasteiger partial charge < -0.3 is 14.8 Å². The Labute approximate surface area is 107 Å². The number of rotatable bonds is 3. The van der Waals surface area contributed by atoms with Gasteiger partial charge in [0.2, 0.25) is 0 Å². The Balaban J connectivity index is 2.71. The number of hydrogen-bond acceptors (Lipinski definition) is 3. The highest BCUT2D eigenvalue weighted by molar-refractivity contribution is 5.74. The van der Waals surface area contributed by atoms with Gasteiger partial charge in [-0.1, -0.05) is 29.8 Å². The highest BCUT2D eigenvalue weighted by Crippen LogP contribution is 2.13. The number of hydrogen-bond donors (Lipinski definition) is 1. The number of alkyl carbamates (subject to hydrolysis) is 1. The molecule has 4 nitrogen and oxygen atoms in total. The first kappa shape index (κ1) is 14.2. The van der Waals surface area contributed by atoms with Gasteiger partial charge in [-0.2, -0.15) is 0 Å². The maximum Gasteiger partial charge on any atom is 0.408 e. The average molecular weight is 249 g/mol. The van der Waals surface area contributed by atoms with Gasteiger partial charge >= 0.3 is 6.09 Å². The van der Waals surface area contributed by atoms with Crippen LogP contribution in [0, 0.1) is 6.92 Å². The normalized spacial score (nSPS) is 12.7. The first-order chi connectivity index (χ1) is 8.31. The summed E-state index contributed by atoms with van der Waals surface area (Å²) in [5.74, 6) is 0. The van der Waals surface area contributed by atoms with Crippen molar-refractivity contribution < 1.29 is 14.3 Å². The van der Waals surface area contributed by atoms with Crippen molar-refractivity contribution in [3.8, 4) is 0 Å². The Hall–Kier alpha value is -1.84. The summed E-state index contributed by atoms with van der Waals surface area (Å²) in [5, 5.41) is 2.53. The highest BCUT2D eigenvalue weighted by atomic mass is 16.6. The maximum absolute atomic E-state index is 11.6. The first-order valence-corrected chi connectivity index (χ1v) is 5.83. The smallest absolute Gasteiger partial charge is 0.408 e. The van der Waals surface area contributed by atoms with Crippen LogP contribution in [0.4, 0.5) is 4.79 Å². The summed E-state index contributed by atoms with van der Waals surface area (Å²) >= 11 is 0. The summed E-state index contributed by atoms with van der Waals surface area (Å²) in [4.78, 5) is 22.6. The molecule has 1 atom stereocenters. The van der Waals surface area contributed by atoms with Gasteiger partial charge in [0.15, 0.2) is 0 Å². The number of ether oxygens (including phenoxy) is 1. The van der Waals surface area contributed by atoms with Crippen LogP contribution in [0.3, 0.4) is 0 Å². The van der Waals surface area contributed by atoms with E-state index in [1.807, 2.05) is 31.2 Å². The van der Waals surface area contributed by atoms with Crippen molar-refractivity contribution in [3.05, 3.63) is 35.4 Å². The third-order valence-electron chi connectivity index (χ3n) is 2.24. The Morgan fingerprint density at radius 3 is 2.28 bits per heavy atom. The van der Waals surface area contributed by atoms with Crippen LogP contribution < -0.4 is 5.32 Å². The van der Waals surface area contributed by atoms with E-state index in [4.69, 9.17) is 4.74 Å². The lowest BCUT2D eigenvalue weighted by molar-refractivity contribution is -0.109. The molecule has 1 unspecified atom stereocenters. The van der Waals surface area contributed by atoms with Gasteiger partial charge in [-0.25, -0.2) is 4.79 Å². The van der Waals surface area contributed by atoms with Crippen LogP contribution in [-0.2, 0) is 9.53 Å². The molecule has 0 aromatic heterocycles. The van der Waals surface area contributed by atoms with Crippen molar-refractivity contribution in [1.82, 2.24) is 5.32 Å². The number of aryl methyl sites for hydroxylation is 1. The minimum absolute atomic E-state index is 0.579. The molecular weight excluding hydrogens is 230 g/mol. The SMILES string of the molecule is Cc1ccc(C(C=O)NC(=O)OC(C)(C)C)cc1. The third kappa shape index (κ3) is 4.57. The van der Waals surface area contributed by atoms with Crippen LogP contribution in [0.15, 0.2) is 24.3 Å². The minimum Gasteiger partial charge on any atom is -0.444 e. The van der Waals surface area contributed by atoms with E-state index in [-0.39, 0.29) is 0 Å². The fraction of sp³-hybridized carbons (Fsp3) is 0.429. The molecule has 1 N–H and O–H groups in total. The van der Waals surface area contributed by atoms with Gasteiger partial charge in [-0.05, 0) is 33.3 Å². The van der Waals surface area contributed by atoms with Gasteiger partial charge in [0.1, 0.15) is 17.9 Å². The Kier molecular flexibility index (Phi) is 4.48. The van der Waals surface area contributed by atoms with Crippen LogP contribution in [0.2, 0.25) is 0 Å². The molecule has 0 heterocycles. The molecule has 0 saturated heterocycles. The number of nitrogens with one attached hydrogen (secondary N) is 1. The molecule has 0 bridgehead atoms. The van der Waals surface area contributed by atoms with Gasteiger partial charge in [-0.15, -0.1) is 0 Å². The summed E-state index contributed by atoms with van der Waals surface area (Å²) in [5.41, 5.74) is 1.26.